The van der Waals surface area contributed by atoms with E-state index in [9.17, 15) is 14.7 Å². The molecule has 0 bridgehead atoms. The van der Waals surface area contributed by atoms with Gasteiger partial charge < -0.3 is 24.3 Å². The molecule has 8 heteroatoms. The van der Waals surface area contributed by atoms with Crippen molar-refractivity contribution in [2.24, 2.45) is 0 Å². The number of hydrogen-bond donors (Lipinski definition) is 0. The minimum Gasteiger partial charge on any atom is -0.545 e. The molecule has 1 atom stereocenters. The summed E-state index contributed by atoms with van der Waals surface area (Å²) in [7, 11) is 3.09. The second kappa shape index (κ2) is 8.37. The third kappa shape index (κ3) is 3.45. The molecule has 0 spiro atoms. The fraction of sp³-hybridized carbons (Fsp3) is 0.167. The molecule has 0 saturated carbocycles. The van der Waals surface area contributed by atoms with Crippen LogP contribution in [-0.2, 0) is 16.2 Å². The van der Waals surface area contributed by atoms with Crippen molar-refractivity contribution in [1.82, 2.24) is 0 Å². The van der Waals surface area contributed by atoms with Gasteiger partial charge in [-0.15, -0.1) is 0 Å². The zero-order chi connectivity index (χ0) is 23.0. The molecule has 1 aliphatic heterocycles. The van der Waals surface area contributed by atoms with Gasteiger partial charge in [0.25, 0.3) is 5.91 Å². The minimum atomic E-state index is -1.70. The smallest absolute Gasteiger partial charge is 0.257 e. The van der Waals surface area contributed by atoms with E-state index in [0.717, 1.165) is 5.56 Å². The van der Waals surface area contributed by atoms with E-state index < -0.39 is 16.8 Å². The van der Waals surface area contributed by atoms with E-state index in [1.165, 1.54) is 30.2 Å². The molecule has 6 nitrogen and oxygen atoms in total. The molecule has 0 saturated heterocycles. The predicted molar refractivity (Wildman–Crippen MR) is 120 cm³/mol. The Kier molecular flexibility index (Phi) is 5.75. The van der Waals surface area contributed by atoms with Gasteiger partial charge >= 0.3 is 0 Å². The fourth-order valence-corrected chi connectivity index (χ4v) is 4.62. The second-order valence-electron chi connectivity index (χ2n) is 7.23. The molecular formula is C24H18Cl2NO5-. The number of carbonyl (C=O) groups excluding carboxylic acids is 2. The number of para-hydroxylation sites is 1. The van der Waals surface area contributed by atoms with Gasteiger partial charge in [-0.3, -0.25) is 4.79 Å². The first-order chi connectivity index (χ1) is 15.3. The molecule has 4 rings (SSSR count). The van der Waals surface area contributed by atoms with Gasteiger partial charge in [0.1, 0.15) is 11.5 Å². The second-order valence-corrected chi connectivity index (χ2v) is 8.20. The minimum absolute atomic E-state index is 0.120. The van der Waals surface area contributed by atoms with E-state index in [1.807, 2.05) is 6.07 Å². The number of rotatable bonds is 6. The van der Waals surface area contributed by atoms with E-state index >= 15 is 0 Å². The molecule has 3 aromatic rings. The first-order valence-corrected chi connectivity index (χ1v) is 10.4. The Balaban J connectivity index is 1.84. The first-order valence-electron chi connectivity index (χ1n) is 9.64. The van der Waals surface area contributed by atoms with Crippen LogP contribution < -0.4 is 19.5 Å². The maximum atomic E-state index is 13.8. The number of carboxylic acid groups (broad SMARTS) is 1. The van der Waals surface area contributed by atoms with Gasteiger partial charge in [-0.2, -0.15) is 0 Å². The quantitative estimate of drug-likeness (QED) is 0.512. The number of aromatic carboxylic acids is 1. The first kappa shape index (κ1) is 22.0. The van der Waals surface area contributed by atoms with Crippen molar-refractivity contribution in [1.29, 1.82) is 0 Å². The lowest BCUT2D eigenvalue weighted by Gasteiger charge is -2.25. The Morgan fingerprint density at radius 2 is 1.78 bits per heavy atom. The van der Waals surface area contributed by atoms with Gasteiger partial charge in [-0.05, 0) is 35.9 Å². The van der Waals surface area contributed by atoms with E-state index in [-0.39, 0.29) is 22.7 Å². The number of fused-ring (bicyclic) bond motifs is 1. The van der Waals surface area contributed by atoms with Crippen LogP contribution in [0.3, 0.4) is 0 Å². The fourth-order valence-electron chi connectivity index (χ4n) is 3.90. The lowest BCUT2D eigenvalue weighted by molar-refractivity contribution is -0.255. The molecule has 0 N–H and O–H groups in total. The number of nitrogens with zero attached hydrogens (tertiary/aromatic N) is 1. The normalized spacial score (nSPS) is 17.2. The number of halogens is 2. The molecule has 0 fully saturated rings. The molecule has 1 amide bonds. The number of carbonyl (C=O) groups is 2. The largest absolute Gasteiger partial charge is 0.545 e. The number of amides is 1. The number of ether oxygens (including phenoxy) is 2. The van der Waals surface area contributed by atoms with Crippen LogP contribution in [0.2, 0.25) is 5.02 Å². The summed E-state index contributed by atoms with van der Waals surface area (Å²) in [6.45, 7) is 0.176. The summed E-state index contributed by atoms with van der Waals surface area (Å²) in [5.41, 5.74) is 1.91. The molecule has 3 aromatic carbocycles. The van der Waals surface area contributed by atoms with Crippen LogP contribution in [0.25, 0.3) is 0 Å². The summed E-state index contributed by atoms with van der Waals surface area (Å²) in [6.07, 6.45) is 0. The zero-order valence-corrected chi connectivity index (χ0v) is 18.7. The van der Waals surface area contributed by atoms with Crippen molar-refractivity contribution < 1.29 is 24.2 Å². The average Bonchev–Trinajstić information content (AvgIpc) is 3.02. The predicted octanol–water partition coefficient (Wildman–Crippen LogP) is 3.75. The van der Waals surface area contributed by atoms with Crippen LogP contribution in [0.4, 0.5) is 5.69 Å². The third-order valence-electron chi connectivity index (χ3n) is 5.50. The van der Waals surface area contributed by atoms with Crippen LogP contribution in [0.1, 0.15) is 27.0 Å². The van der Waals surface area contributed by atoms with Crippen LogP contribution in [-0.4, -0.2) is 26.1 Å². The summed E-state index contributed by atoms with van der Waals surface area (Å²) in [5.74, 6) is -0.660. The van der Waals surface area contributed by atoms with Crippen LogP contribution in [0.15, 0.2) is 60.7 Å². The molecule has 1 aliphatic rings. The highest BCUT2D eigenvalue weighted by atomic mass is 35.5. The molecule has 164 valence electrons. The molecular weight excluding hydrogens is 453 g/mol. The summed E-state index contributed by atoms with van der Waals surface area (Å²) in [6, 6.07) is 16.4. The van der Waals surface area contributed by atoms with Crippen molar-refractivity contribution in [3.05, 3.63) is 87.9 Å². The Morgan fingerprint density at radius 3 is 2.47 bits per heavy atom. The van der Waals surface area contributed by atoms with Gasteiger partial charge in [-0.1, -0.05) is 47.5 Å². The SMILES string of the molecule is COc1ccc(CN2C(=O)C(Cl)(c3cc(C(=O)[O-])ccc3Cl)c3ccccc32)c(OC)c1. The zero-order valence-electron chi connectivity index (χ0n) is 17.2. The van der Waals surface area contributed by atoms with Gasteiger partial charge in [0.2, 0.25) is 0 Å². The maximum absolute atomic E-state index is 13.8. The van der Waals surface area contributed by atoms with Crippen molar-refractivity contribution >= 4 is 40.8 Å². The summed E-state index contributed by atoms with van der Waals surface area (Å²) >= 11 is 13.4. The van der Waals surface area contributed by atoms with Gasteiger partial charge in [0.05, 0.1) is 26.7 Å². The topological polar surface area (TPSA) is 78.9 Å². The van der Waals surface area contributed by atoms with Crippen LogP contribution >= 0.6 is 23.2 Å². The van der Waals surface area contributed by atoms with Gasteiger partial charge in [0, 0.05) is 33.5 Å². The van der Waals surface area contributed by atoms with Crippen molar-refractivity contribution in [2.45, 2.75) is 11.4 Å². The number of methoxy groups -OCH3 is 2. The van der Waals surface area contributed by atoms with E-state index in [2.05, 4.69) is 0 Å². The molecule has 0 radical (unpaired) electrons. The summed E-state index contributed by atoms with van der Waals surface area (Å²) < 4.78 is 10.7. The third-order valence-corrected chi connectivity index (χ3v) is 6.40. The van der Waals surface area contributed by atoms with Crippen LogP contribution in [0, 0.1) is 0 Å². The van der Waals surface area contributed by atoms with E-state index in [1.54, 1.807) is 43.5 Å². The molecule has 1 unspecified atom stereocenters. The van der Waals surface area contributed by atoms with E-state index in [0.29, 0.717) is 22.7 Å². The molecule has 0 aromatic heterocycles. The maximum Gasteiger partial charge on any atom is 0.257 e. The summed E-state index contributed by atoms with van der Waals surface area (Å²) in [4.78, 5) is 25.0. The molecule has 0 aliphatic carbocycles. The number of alkyl halides is 1. The Hall–Kier alpha value is -3.22. The molecule has 1 heterocycles. The highest BCUT2D eigenvalue weighted by Gasteiger charge is 2.52. The number of hydrogen-bond acceptors (Lipinski definition) is 5. The summed E-state index contributed by atoms with van der Waals surface area (Å²) in [5, 5.41) is 11.6. The lowest BCUT2D eigenvalue weighted by atomic mass is 9.90. The number of benzene rings is 3. The van der Waals surface area contributed by atoms with Gasteiger partial charge in [-0.25, -0.2) is 0 Å². The number of anilines is 1. The highest BCUT2D eigenvalue weighted by molar-refractivity contribution is 6.43. The Bertz CT molecular complexity index is 1230. The lowest BCUT2D eigenvalue weighted by Crippen LogP contribution is -2.37. The van der Waals surface area contributed by atoms with Crippen molar-refractivity contribution in [3.8, 4) is 11.5 Å². The highest BCUT2D eigenvalue weighted by Crippen LogP contribution is 2.51. The van der Waals surface area contributed by atoms with Crippen molar-refractivity contribution in [3.63, 3.8) is 0 Å². The van der Waals surface area contributed by atoms with E-state index in [4.69, 9.17) is 32.7 Å². The monoisotopic (exact) mass is 470 g/mol. The van der Waals surface area contributed by atoms with Crippen LogP contribution in [0.5, 0.6) is 11.5 Å². The molecule has 32 heavy (non-hydrogen) atoms. The van der Waals surface area contributed by atoms with Crippen molar-refractivity contribution in [2.75, 3.05) is 19.1 Å². The Morgan fingerprint density at radius 1 is 1.03 bits per heavy atom. The average molecular weight is 471 g/mol. The Labute approximate surface area is 194 Å². The van der Waals surface area contributed by atoms with Gasteiger partial charge in [0.15, 0.2) is 4.87 Å². The number of carboxylic acids is 1. The standard InChI is InChI=1S/C24H19Cl2NO5/c1-31-16-9-7-15(21(12-16)32-2)13-27-20-6-4-3-5-17(20)24(26,23(27)30)18-11-14(22(28)29)8-10-19(18)25/h3-12H,13H2,1-2H3,(H,28,29)/p-1.